The molecule has 0 aliphatic heterocycles. The second kappa shape index (κ2) is 10.3. The molecule has 0 spiro atoms. The second-order valence-corrected chi connectivity index (χ2v) is 9.01. The summed E-state index contributed by atoms with van der Waals surface area (Å²) >= 11 is 0. The molecule has 11 heteroatoms. The number of ether oxygens (including phenoxy) is 3. The molecule has 0 heterocycles. The molecule has 174 valence electrons. The van der Waals surface area contributed by atoms with E-state index in [0.717, 1.165) is 6.07 Å². The molecule has 2 rings (SSSR count). The number of nitro groups is 1. The molecule has 2 aromatic rings. The van der Waals surface area contributed by atoms with Crippen molar-refractivity contribution in [3.8, 4) is 17.2 Å². The molecule has 0 radical (unpaired) electrons. The molecule has 10 nitrogen and oxygen atoms in total. The van der Waals surface area contributed by atoms with Gasteiger partial charge in [0.1, 0.15) is 11.3 Å². The van der Waals surface area contributed by atoms with Crippen molar-refractivity contribution in [3.05, 3.63) is 46.0 Å². The lowest BCUT2D eigenvalue weighted by molar-refractivity contribution is -0.385. The van der Waals surface area contributed by atoms with Crippen molar-refractivity contribution in [2.45, 2.75) is 36.8 Å². The van der Waals surface area contributed by atoms with E-state index in [2.05, 4.69) is 5.32 Å². The van der Waals surface area contributed by atoms with Gasteiger partial charge in [-0.15, -0.1) is 0 Å². The molecule has 0 saturated carbocycles. The first-order valence-corrected chi connectivity index (χ1v) is 11.3. The molecule has 0 aliphatic carbocycles. The van der Waals surface area contributed by atoms with Gasteiger partial charge in [-0.25, -0.2) is 8.42 Å². The average Bonchev–Trinajstić information content (AvgIpc) is 2.78. The minimum Gasteiger partial charge on any atom is -0.495 e. The van der Waals surface area contributed by atoms with Gasteiger partial charge in [0, 0.05) is 6.07 Å². The van der Waals surface area contributed by atoms with Crippen LogP contribution in [0.2, 0.25) is 0 Å². The highest BCUT2D eigenvalue weighted by atomic mass is 32.2. The Hall–Kier alpha value is -3.34. The predicted octanol–water partition coefficient (Wildman–Crippen LogP) is 3.84. The summed E-state index contributed by atoms with van der Waals surface area (Å²) in [5, 5.41) is 13.5. The van der Waals surface area contributed by atoms with Crippen molar-refractivity contribution in [2.75, 3.05) is 26.6 Å². The first-order chi connectivity index (χ1) is 15.1. The number of carbonyl (C=O) groups excluding carboxylic acids is 1. The number of nitro benzene ring substituents is 1. The summed E-state index contributed by atoms with van der Waals surface area (Å²) in [5.41, 5.74) is -0.725. The quantitative estimate of drug-likeness (QED) is 0.412. The molecule has 2 aromatic carbocycles. The minimum absolute atomic E-state index is 0.0177. The summed E-state index contributed by atoms with van der Waals surface area (Å²) in [6.07, 6.45) is 0.870. The van der Waals surface area contributed by atoms with Crippen LogP contribution in [0, 0.1) is 10.1 Å². The Morgan fingerprint density at radius 2 is 1.56 bits per heavy atom. The van der Waals surface area contributed by atoms with Gasteiger partial charge in [-0.05, 0) is 31.0 Å². The molecule has 0 fully saturated rings. The number of hydrogen-bond donors (Lipinski definition) is 1. The fourth-order valence-corrected chi connectivity index (χ4v) is 5.07. The zero-order valence-corrected chi connectivity index (χ0v) is 19.3. The number of carbonyl (C=O) groups is 1. The van der Waals surface area contributed by atoms with E-state index in [1.807, 2.05) is 0 Å². The number of benzene rings is 2. The van der Waals surface area contributed by atoms with Gasteiger partial charge >= 0.3 is 0 Å². The van der Waals surface area contributed by atoms with Crippen LogP contribution in [0.15, 0.2) is 35.2 Å². The van der Waals surface area contributed by atoms with E-state index < -0.39 is 31.6 Å². The highest BCUT2D eigenvalue weighted by Crippen LogP contribution is 2.36. The maximum absolute atomic E-state index is 13.0. The zero-order valence-electron chi connectivity index (χ0n) is 18.5. The van der Waals surface area contributed by atoms with Crippen LogP contribution >= 0.6 is 0 Å². The van der Waals surface area contributed by atoms with Gasteiger partial charge in [0.15, 0.2) is 21.3 Å². The monoisotopic (exact) mass is 466 g/mol. The minimum atomic E-state index is -3.64. The molecule has 0 saturated heterocycles. The molecule has 0 aliphatic rings. The van der Waals surface area contributed by atoms with Gasteiger partial charge < -0.3 is 19.5 Å². The highest BCUT2D eigenvalue weighted by Gasteiger charge is 2.28. The Labute approximate surface area is 186 Å². The van der Waals surface area contributed by atoms with Gasteiger partial charge in [0.2, 0.25) is 0 Å². The van der Waals surface area contributed by atoms with Crippen LogP contribution in [-0.4, -0.2) is 45.8 Å². The Morgan fingerprint density at radius 3 is 2.06 bits per heavy atom. The van der Waals surface area contributed by atoms with Crippen molar-refractivity contribution in [1.29, 1.82) is 0 Å². The summed E-state index contributed by atoms with van der Waals surface area (Å²) in [4.78, 5) is 23.8. The van der Waals surface area contributed by atoms with E-state index in [-0.39, 0.29) is 33.4 Å². The smallest absolute Gasteiger partial charge is 0.286 e. The molecule has 1 N–H and O–H groups in total. The standard InChI is InChI=1S/C21H26N2O8S/c1-6-13(7-2)32(27,28)14-8-9-18(29-3)16(10-14)22-21(24)15-11-19(30-4)20(31-5)12-17(15)23(25)26/h8-13H,6-7H2,1-5H3,(H,22,24). The first kappa shape index (κ1) is 24.9. The third kappa shape index (κ3) is 4.93. The molecule has 32 heavy (non-hydrogen) atoms. The molecule has 0 unspecified atom stereocenters. The molecule has 0 bridgehead atoms. The Kier molecular flexibility index (Phi) is 8.03. The Bertz CT molecular complexity index is 1110. The average molecular weight is 467 g/mol. The lowest BCUT2D eigenvalue weighted by atomic mass is 10.1. The van der Waals surface area contributed by atoms with Crippen molar-refractivity contribution in [1.82, 2.24) is 0 Å². The van der Waals surface area contributed by atoms with E-state index in [0.29, 0.717) is 12.8 Å². The lowest BCUT2D eigenvalue weighted by Crippen LogP contribution is -2.20. The first-order valence-electron chi connectivity index (χ1n) is 9.78. The number of anilines is 1. The van der Waals surface area contributed by atoms with Crippen LogP contribution < -0.4 is 19.5 Å². The van der Waals surface area contributed by atoms with E-state index in [1.165, 1.54) is 45.6 Å². The molecule has 0 aromatic heterocycles. The number of nitrogens with one attached hydrogen (secondary N) is 1. The number of amides is 1. The number of methoxy groups -OCH3 is 3. The number of hydrogen-bond acceptors (Lipinski definition) is 8. The Balaban J connectivity index is 2.55. The lowest BCUT2D eigenvalue weighted by Gasteiger charge is -2.17. The Morgan fingerprint density at radius 1 is 1.00 bits per heavy atom. The van der Waals surface area contributed by atoms with Crippen LogP contribution in [0.25, 0.3) is 0 Å². The largest absolute Gasteiger partial charge is 0.495 e. The molecular weight excluding hydrogens is 440 g/mol. The highest BCUT2D eigenvalue weighted by molar-refractivity contribution is 7.92. The molecule has 0 atom stereocenters. The summed E-state index contributed by atoms with van der Waals surface area (Å²) in [6, 6.07) is 6.38. The molecular formula is C21H26N2O8S. The van der Waals surface area contributed by atoms with Crippen LogP contribution in [0.3, 0.4) is 0 Å². The number of nitrogens with zero attached hydrogens (tertiary/aromatic N) is 1. The SMILES string of the molecule is CCC(CC)S(=O)(=O)c1ccc(OC)c(NC(=O)c2cc(OC)c(OC)cc2[N+](=O)[O-])c1. The van der Waals surface area contributed by atoms with Crippen LogP contribution in [-0.2, 0) is 9.84 Å². The van der Waals surface area contributed by atoms with E-state index >= 15 is 0 Å². The fourth-order valence-electron chi connectivity index (χ4n) is 3.27. The van der Waals surface area contributed by atoms with E-state index in [1.54, 1.807) is 13.8 Å². The third-order valence-corrected chi connectivity index (χ3v) is 7.50. The fraction of sp³-hybridized carbons (Fsp3) is 0.381. The number of sulfone groups is 1. The van der Waals surface area contributed by atoms with E-state index in [4.69, 9.17) is 14.2 Å². The van der Waals surface area contributed by atoms with Gasteiger partial charge in [-0.2, -0.15) is 0 Å². The van der Waals surface area contributed by atoms with Gasteiger partial charge in [-0.3, -0.25) is 14.9 Å². The normalized spacial score (nSPS) is 11.2. The maximum atomic E-state index is 13.0. The zero-order chi connectivity index (χ0) is 24.1. The maximum Gasteiger partial charge on any atom is 0.286 e. The van der Waals surface area contributed by atoms with E-state index in [9.17, 15) is 23.3 Å². The summed E-state index contributed by atoms with van der Waals surface area (Å²) < 4.78 is 41.3. The number of rotatable bonds is 10. The summed E-state index contributed by atoms with van der Waals surface area (Å²) in [5.74, 6) is -0.426. The van der Waals surface area contributed by atoms with Crippen molar-refractivity contribution >= 4 is 27.1 Å². The van der Waals surface area contributed by atoms with Crippen LogP contribution in [0.5, 0.6) is 17.2 Å². The second-order valence-electron chi connectivity index (χ2n) is 6.78. The van der Waals surface area contributed by atoms with Crippen molar-refractivity contribution in [2.24, 2.45) is 0 Å². The topological polar surface area (TPSA) is 134 Å². The van der Waals surface area contributed by atoms with Crippen molar-refractivity contribution in [3.63, 3.8) is 0 Å². The van der Waals surface area contributed by atoms with Gasteiger partial charge in [0.05, 0.1) is 48.2 Å². The van der Waals surface area contributed by atoms with Gasteiger partial charge in [0.25, 0.3) is 11.6 Å². The summed E-state index contributed by atoms with van der Waals surface area (Å²) in [7, 11) is 0.369. The van der Waals surface area contributed by atoms with Crippen LogP contribution in [0.1, 0.15) is 37.0 Å². The molecule has 1 amide bonds. The third-order valence-electron chi connectivity index (χ3n) is 5.04. The van der Waals surface area contributed by atoms with Gasteiger partial charge in [-0.1, -0.05) is 13.8 Å². The van der Waals surface area contributed by atoms with Crippen LogP contribution in [0.4, 0.5) is 11.4 Å². The predicted molar refractivity (Wildman–Crippen MR) is 119 cm³/mol. The summed E-state index contributed by atoms with van der Waals surface area (Å²) in [6.45, 7) is 3.57. The van der Waals surface area contributed by atoms with Crippen molar-refractivity contribution < 1.29 is 32.3 Å².